The summed E-state index contributed by atoms with van der Waals surface area (Å²) < 4.78 is 9.67. The minimum Gasteiger partial charge on any atom is -0.454 e. The van der Waals surface area contributed by atoms with Crippen LogP contribution in [0, 0.1) is 0 Å². The third-order valence-corrected chi connectivity index (χ3v) is 14.2. The number of nitrogens with zero attached hydrogens (tertiary/aromatic N) is 3. The van der Waals surface area contributed by atoms with E-state index in [0.29, 0.717) is 0 Å². The standard InChI is InChI=1S/C60H48BN3O/c1-59(2,3)38-28-31-51-46(33-38)48-34-39(60(4,5)6)35-49-47-32-37-18-13-14-23-43(37)57-55(47)61(64(51)56(48)49)50-30-29-42(62(40-19-9-7-10-20-40)41-21-11-8-12-22-41)36-53(50)63(57)52-26-17-25-45-44-24-15-16-27-54(44)65-58(45)52/h7-36H,1-6H3. The van der Waals surface area contributed by atoms with Crippen LogP contribution in [0.2, 0.25) is 0 Å². The van der Waals surface area contributed by atoms with Gasteiger partial charge in [0.25, 0.3) is 0 Å². The first-order valence-corrected chi connectivity index (χ1v) is 23.0. The molecule has 4 nitrogen and oxygen atoms in total. The fourth-order valence-electron chi connectivity index (χ4n) is 11.0. The van der Waals surface area contributed by atoms with Crippen molar-refractivity contribution in [2.24, 2.45) is 0 Å². The van der Waals surface area contributed by atoms with Crippen molar-refractivity contribution < 1.29 is 4.42 Å². The van der Waals surface area contributed by atoms with Crippen LogP contribution >= 0.6 is 0 Å². The zero-order chi connectivity index (χ0) is 43.9. The van der Waals surface area contributed by atoms with E-state index in [0.717, 1.165) is 50.4 Å². The lowest BCUT2D eigenvalue weighted by Crippen LogP contribution is -2.56. The molecule has 312 valence electrons. The second-order valence-electron chi connectivity index (χ2n) is 20.2. The Labute approximate surface area is 380 Å². The predicted octanol–water partition coefficient (Wildman–Crippen LogP) is 15.3. The van der Waals surface area contributed by atoms with Gasteiger partial charge in [-0.2, -0.15) is 0 Å². The van der Waals surface area contributed by atoms with Gasteiger partial charge in [-0.25, -0.2) is 0 Å². The Balaban J connectivity index is 1.21. The fraction of sp³-hybridized carbons (Fsp3) is 0.133. The number of rotatable bonds is 4. The summed E-state index contributed by atoms with van der Waals surface area (Å²) in [4.78, 5) is 4.93. The summed E-state index contributed by atoms with van der Waals surface area (Å²) in [5.74, 6) is 0. The number of para-hydroxylation sites is 4. The lowest BCUT2D eigenvalue weighted by Gasteiger charge is -2.42. The molecule has 9 aromatic carbocycles. The van der Waals surface area contributed by atoms with E-state index in [2.05, 4.69) is 238 Å². The number of aromatic nitrogens is 1. The van der Waals surface area contributed by atoms with Gasteiger partial charge in [0, 0.05) is 66.3 Å². The largest absolute Gasteiger partial charge is 0.454 e. The fourth-order valence-corrected chi connectivity index (χ4v) is 11.0. The molecular formula is C60H48BN3O. The Hall–Kier alpha value is -7.50. The van der Waals surface area contributed by atoms with E-state index in [1.54, 1.807) is 0 Å². The first-order chi connectivity index (χ1) is 31.5. The monoisotopic (exact) mass is 837 g/mol. The summed E-state index contributed by atoms with van der Waals surface area (Å²) >= 11 is 0. The highest BCUT2D eigenvalue weighted by atomic mass is 16.3. The van der Waals surface area contributed by atoms with Crippen molar-refractivity contribution in [3.8, 4) is 11.1 Å². The minimum absolute atomic E-state index is 0.00346. The van der Waals surface area contributed by atoms with Gasteiger partial charge in [0.05, 0.1) is 11.4 Å². The summed E-state index contributed by atoms with van der Waals surface area (Å²) in [5.41, 5.74) is 18.7. The molecule has 5 heteroatoms. The summed E-state index contributed by atoms with van der Waals surface area (Å²) in [6.07, 6.45) is 0. The third kappa shape index (κ3) is 5.51. The van der Waals surface area contributed by atoms with Crippen molar-refractivity contribution in [1.82, 2.24) is 4.48 Å². The van der Waals surface area contributed by atoms with Crippen molar-refractivity contribution in [3.05, 3.63) is 193 Å². The van der Waals surface area contributed by atoms with E-state index in [-0.39, 0.29) is 17.7 Å². The van der Waals surface area contributed by atoms with Gasteiger partial charge in [-0.1, -0.05) is 145 Å². The highest BCUT2D eigenvalue weighted by Gasteiger charge is 2.45. The molecule has 0 bridgehead atoms. The number of hydrogen-bond acceptors (Lipinski definition) is 3. The van der Waals surface area contributed by atoms with Crippen LogP contribution in [0.15, 0.2) is 186 Å². The summed E-state index contributed by atoms with van der Waals surface area (Å²) in [6, 6.07) is 67.5. The molecule has 11 aromatic rings. The molecule has 0 amide bonds. The molecule has 0 spiro atoms. The number of furan rings is 1. The Kier molecular flexibility index (Phi) is 7.90. The van der Waals surface area contributed by atoms with Crippen molar-refractivity contribution in [2.45, 2.75) is 52.4 Å². The third-order valence-electron chi connectivity index (χ3n) is 14.2. The Morgan fingerprint density at radius 1 is 0.477 bits per heavy atom. The molecule has 0 unspecified atom stereocenters. The average molecular weight is 838 g/mol. The van der Waals surface area contributed by atoms with Gasteiger partial charge in [-0.3, -0.25) is 0 Å². The maximum atomic E-state index is 6.98. The van der Waals surface area contributed by atoms with Gasteiger partial charge in [-0.05, 0) is 123 Å². The smallest absolute Gasteiger partial charge is 0.333 e. The molecule has 13 rings (SSSR count). The maximum Gasteiger partial charge on any atom is 0.333 e. The summed E-state index contributed by atoms with van der Waals surface area (Å²) in [6.45, 7) is 13.9. The van der Waals surface area contributed by atoms with Gasteiger partial charge in [0.2, 0.25) is 0 Å². The highest BCUT2D eigenvalue weighted by Crippen LogP contribution is 2.52. The van der Waals surface area contributed by atoms with E-state index in [1.807, 2.05) is 0 Å². The summed E-state index contributed by atoms with van der Waals surface area (Å²) in [7, 11) is 0. The number of anilines is 6. The van der Waals surface area contributed by atoms with Crippen molar-refractivity contribution >= 4 is 106 Å². The van der Waals surface area contributed by atoms with Gasteiger partial charge in [0.15, 0.2) is 5.58 Å². The van der Waals surface area contributed by atoms with Crippen LogP contribution < -0.4 is 20.7 Å². The quantitative estimate of drug-likeness (QED) is 0.165. The molecule has 0 saturated heterocycles. The molecule has 4 heterocycles. The second-order valence-corrected chi connectivity index (χ2v) is 20.2. The average Bonchev–Trinajstić information content (AvgIpc) is 3.86. The normalized spacial score (nSPS) is 13.3. The molecule has 0 N–H and O–H groups in total. The molecule has 0 saturated carbocycles. The Morgan fingerprint density at radius 2 is 1.14 bits per heavy atom. The SMILES string of the molecule is CC(C)(C)c1ccc2c(c1)c1cc(C(C)(C)C)cc3c1n2B1c2ccc(N(c4ccccc4)c4ccccc4)cc2N(c2cccc4c2oc2ccccc24)c2c1c-3cc1ccccc21. The van der Waals surface area contributed by atoms with Crippen molar-refractivity contribution in [1.29, 1.82) is 0 Å². The van der Waals surface area contributed by atoms with Crippen molar-refractivity contribution in [3.63, 3.8) is 0 Å². The Morgan fingerprint density at radius 3 is 1.88 bits per heavy atom. The van der Waals surface area contributed by atoms with Gasteiger partial charge in [0.1, 0.15) is 5.58 Å². The van der Waals surface area contributed by atoms with E-state index < -0.39 is 0 Å². The number of hydrogen-bond donors (Lipinski definition) is 0. The van der Waals surface area contributed by atoms with Crippen LogP contribution in [0.3, 0.4) is 0 Å². The molecule has 65 heavy (non-hydrogen) atoms. The van der Waals surface area contributed by atoms with E-state index in [1.165, 1.54) is 71.4 Å². The van der Waals surface area contributed by atoms with Crippen LogP contribution in [-0.4, -0.2) is 11.3 Å². The lowest BCUT2D eigenvalue weighted by atomic mass is 9.44. The van der Waals surface area contributed by atoms with Gasteiger partial charge in [-0.15, -0.1) is 0 Å². The molecule has 2 aliphatic heterocycles. The molecule has 0 aliphatic carbocycles. The molecule has 0 atom stereocenters. The topological polar surface area (TPSA) is 24.6 Å². The van der Waals surface area contributed by atoms with Crippen LogP contribution in [0.5, 0.6) is 0 Å². The zero-order valence-electron chi connectivity index (χ0n) is 37.6. The molecule has 2 aromatic heterocycles. The van der Waals surface area contributed by atoms with Crippen LogP contribution in [0.4, 0.5) is 34.1 Å². The van der Waals surface area contributed by atoms with Crippen LogP contribution in [0.25, 0.3) is 65.6 Å². The minimum atomic E-state index is -0.116. The van der Waals surface area contributed by atoms with Gasteiger partial charge >= 0.3 is 6.85 Å². The zero-order valence-corrected chi connectivity index (χ0v) is 37.6. The van der Waals surface area contributed by atoms with E-state index in [4.69, 9.17) is 4.42 Å². The van der Waals surface area contributed by atoms with E-state index in [9.17, 15) is 0 Å². The first-order valence-electron chi connectivity index (χ1n) is 23.0. The predicted molar refractivity (Wildman–Crippen MR) is 277 cm³/mol. The number of benzene rings is 9. The highest BCUT2D eigenvalue weighted by molar-refractivity contribution is 6.90. The van der Waals surface area contributed by atoms with Crippen LogP contribution in [0.1, 0.15) is 52.7 Å². The van der Waals surface area contributed by atoms with E-state index >= 15 is 0 Å². The molecular weight excluding hydrogens is 789 g/mol. The second kappa shape index (κ2) is 13.5. The van der Waals surface area contributed by atoms with Gasteiger partial charge < -0.3 is 18.7 Å². The van der Waals surface area contributed by atoms with Crippen LogP contribution in [-0.2, 0) is 10.8 Å². The lowest BCUT2D eigenvalue weighted by molar-refractivity contribution is 0.590. The Bertz CT molecular complexity index is 3720. The number of fused-ring (bicyclic) bond motifs is 12. The maximum absolute atomic E-state index is 6.98. The molecule has 0 fully saturated rings. The summed E-state index contributed by atoms with van der Waals surface area (Å²) in [5, 5.41) is 7.28. The molecule has 2 aliphatic rings. The molecule has 0 radical (unpaired) electrons. The first kappa shape index (κ1) is 38.0. The van der Waals surface area contributed by atoms with Crippen molar-refractivity contribution in [2.75, 3.05) is 9.80 Å².